The minimum Gasteiger partial charge on any atom is -0.400 e. The second kappa shape index (κ2) is 15.2. The van der Waals surface area contributed by atoms with Gasteiger partial charge in [-0.25, -0.2) is 8.78 Å². The summed E-state index contributed by atoms with van der Waals surface area (Å²) in [6.45, 7) is 3.18. The van der Waals surface area contributed by atoms with Crippen molar-refractivity contribution in [3.8, 4) is 6.07 Å². The molecule has 0 bridgehead atoms. The highest BCUT2D eigenvalue weighted by Crippen LogP contribution is 2.35. The Hall–Kier alpha value is -5.18. The summed E-state index contributed by atoms with van der Waals surface area (Å²) in [4.78, 5) is 42.4. The molecule has 11 heteroatoms. The van der Waals surface area contributed by atoms with E-state index in [1.165, 1.54) is 6.07 Å². The molecule has 0 aliphatic carbocycles. The average Bonchev–Trinajstić information content (AvgIpc) is 3.10. The number of aliphatic hydroxyl groups excluding tert-OH is 1. The highest BCUT2D eigenvalue weighted by atomic mass is 19.1. The predicted molar refractivity (Wildman–Crippen MR) is 180 cm³/mol. The van der Waals surface area contributed by atoms with Crippen LogP contribution in [-0.4, -0.2) is 74.5 Å². The van der Waals surface area contributed by atoms with Crippen molar-refractivity contribution in [2.24, 2.45) is 0 Å². The third kappa shape index (κ3) is 7.20. The lowest BCUT2D eigenvalue weighted by Crippen LogP contribution is -2.51. The molecule has 0 unspecified atom stereocenters. The van der Waals surface area contributed by atoms with Gasteiger partial charge in [-0.2, -0.15) is 5.26 Å². The van der Waals surface area contributed by atoms with Crippen molar-refractivity contribution in [2.45, 2.75) is 31.8 Å². The number of imide groups is 1. The number of nitrogens with one attached hydrogen (secondary N) is 1. The van der Waals surface area contributed by atoms with Crippen molar-refractivity contribution in [3.63, 3.8) is 0 Å². The number of likely N-dealkylation sites (N-methyl/N-ethyl adjacent to an activating group) is 1. The van der Waals surface area contributed by atoms with Crippen LogP contribution in [0.4, 0.5) is 20.2 Å². The van der Waals surface area contributed by atoms with E-state index in [9.17, 15) is 18.8 Å². The fourth-order valence-corrected chi connectivity index (χ4v) is 6.52. The third-order valence-corrected chi connectivity index (χ3v) is 9.02. The van der Waals surface area contributed by atoms with E-state index in [1.807, 2.05) is 35.2 Å². The number of nitriles is 1. The SMILES string of the molecule is CN(c1ccc(Cc2ccc(CN3CCN(c4ccc(C#N)cc4F)CC3)cc2F)c2cccc(C=O)c12)[C@H]1CCC(=O)NC1=O.CO. The number of hydrogen-bond donors (Lipinski definition) is 2. The van der Waals surface area contributed by atoms with E-state index < -0.39 is 11.9 Å². The fourth-order valence-electron chi connectivity index (χ4n) is 6.52. The molecule has 2 N–H and O–H groups in total. The molecule has 2 aliphatic heterocycles. The molecule has 6 rings (SSSR count). The summed E-state index contributed by atoms with van der Waals surface area (Å²) in [7, 11) is 2.78. The number of carbonyl (C=O) groups excluding carboxylic acids is 3. The topological polar surface area (TPSA) is 117 Å². The molecule has 9 nitrogen and oxygen atoms in total. The van der Waals surface area contributed by atoms with Crippen LogP contribution >= 0.6 is 0 Å². The van der Waals surface area contributed by atoms with Crippen molar-refractivity contribution >= 4 is 40.2 Å². The van der Waals surface area contributed by atoms with Gasteiger partial charge in [0.15, 0.2) is 6.29 Å². The number of benzene rings is 4. The Morgan fingerprint density at radius 1 is 0.979 bits per heavy atom. The molecule has 2 aliphatic rings. The van der Waals surface area contributed by atoms with Gasteiger partial charge in [-0.05, 0) is 58.8 Å². The number of piperazine rings is 1. The van der Waals surface area contributed by atoms with Gasteiger partial charge in [-0.15, -0.1) is 0 Å². The molecule has 2 saturated heterocycles. The number of aliphatic hydroxyl groups is 1. The number of anilines is 2. The zero-order valence-electron chi connectivity index (χ0n) is 26.9. The van der Waals surface area contributed by atoms with Crippen LogP contribution in [-0.2, 0) is 22.6 Å². The fraction of sp³-hybridized carbons (Fsp3) is 0.297. The Morgan fingerprint density at radius 3 is 2.40 bits per heavy atom. The maximum atomic E-state index is 15.5. The van der Waals surface area contributed by atoms with Gasteiger partial charge in [0.05, 0.1) is 17.3 Å². The molecule has 0 spiro atoms. The average molecular weight is 654 g/mol. The molecular formula is C37H37F2N5O4. The molecule has 2 heterocycles. The zero-order valence-corrected chi connectivity index (χ0v) is 26.9. The van der Waals surface area contributed by atoms with E-state index in [4.69, 9.17) is 10.4 Å². The Bertz CT molecular complexity index is 1880. The van der Waals surface area contributed by atoms with E-state index in [-0.39, 0.29) is 24.1 Å². The molecule has 2 amide bonds. The van der Waals surface area contributed by atoms with Gasteiger partial charge in [0, 0.05) is 76.4 Å². The van der Waals surface area contributed by atoms with Crippen LogP contribution < -0.4 is 15.1 Å². The Morgan fingerprint density at radius 2 is 1.73 bits per heavy atom. The monoisotopic (exact) mass is 653 g/mol. The Labute approximate surface area is 278 Å². The lowest BCUT2D eigenvalue weighted by atomic mass is 9.93. The second-order valence-corrected chi connectivity index (χ2v) is 11.9. The summed E-state index contributed by atoms with van der Waals surface area (Å²) < 4.78 is 30.0. The number of piperidine rings is 1. The minimum atomic E-state index is -0.559. The van der Waals surface area contributed by atoms with E-state index in [2.05, 4.69) is 10.2 Å². The Balaban J connectivity index is 0.00000221. The first-order chi connectivity index (χ1) is 23.2. The van der Waals surface area contributed by atoms with Crippen molar-refractivity contribution < 1.29 is 28.3 Å². The number of hydrogen-bond acceptors (Lipinski definition) is 8. The summed E-state index contributed by atoms with van der Waals surface area (Å²) in [5.41, 5.74) is 4.13. The minimum absolute atomic E-state index is 0.237. The molecule has 2 fully saturated rings. The van der Waals surface area contributed by atoms with Gasteiger partial charge in [0.2, 0.25) is 11.8 Å². The summed E-state index contributed by atoms with van der Waals surface area (Å²) >= 11 is 0. The van der Waals surface area contributed by atoms with Crippen LogP contribution in [0.25, 0.3) is 10.8 Å². The van der Waals surface area contributed by atoms with E-state index >= 15 is 4.39 Å². The molecule has 0 radical (unpaired) electrons. The predicted octanol–water partition coefficient (Wildman–Crippen LogP) is 4.57. The first-order valence-corrected chi connectivity index (χ1v) is 15.7. The first-order valence-electron chi connectivity index (χ1n) is 15.7. The molecule has 4 aromatic carbocycles. The molecule has 4 aromatic rings. The standard InChI is InChI=1S/C36H33F2N5O3.CH4O/c1-41(33-11-12-34(45)40-36(33)46)32-10-8-25(28-4-2-3-27(22-44)35(28)32)19-26-7-5-24(18-29(26)37)21-42-13-15-43(16-14-42)31-9-6-23(20-39)17-30(31)38;1-2/h2-10,17-18,22,33H,11-16,19,21H2,1H3,(H,40,45,46);2H,1H3/t33-;/m0./s1. The summed E-state index contributed by atoms with van der Waals surface area (Å²) in [6, 6.07) is 20.4. The summed E-state index contributed by atoms with van der Waals surface area (Å²) in [6.07, 6.45) is 1.70. The van der Waals surface area contributed by atoms with E-state index in [1.54, 1.807) is 48.3 Å². The molecule has 1 atom stereocenters. The largest absolute Gasteiger partial charge is 0.400 e. The molecule has 48 heavy (non-hydrogen) atoms. The number of nitrogens with zero attached hydrogens (tertiary/aromatic N) is 4. The van der Waals surface area contributed by atoms with Crippen LogP contribution in [0.2, 0.25) is 0 Å². The van der Waals surface area contributed by atoms with E-state index in [0.29, 0.717) is 79.0 Å². The van der Waals surface area contributed by atoms with Gasteiger partial charge in [0.1, 0.15) is 17.7 Å². The molecular weight excluding hydrogens is 616 g/mol. The van der Waals surface area contributed by atoms with Gasteiger partial charge in [0.25, 0.3) is 0 Å². The number of rotatable bonds is 8. The first kappa shape index (κ1) is 34.2. The Kier molecular flexibility index (Phi) is 10.8. The van der Waals surface area contributed by atoms with Crippen molar-refractivity contribution in [2.75, 3.05) is 50.1 Å². The lowest BCUT2D eigenvalue weighted by Gasteiger charge is -2.36. The number of amides is 2. The maximum Gasteiger partial charge on any atom is 0.249 e. The van der Waals surface area contributed by atoms with Gasteiger partial charge >= 0.3 is 0 Å². The normalized spacial score (nSPS) is 16.5. The number of halogens is 2. The van der Waals surface area contributed by atoms with E-state index in [0.717, 1.165) is 29.9 Å². The maximum absolute atomic E-state index is 15.5. The van der Waals surface area contributed by atoms with Crippen LogP contribution in [0.1, 0.15) is 45.5 Å². The van der Waals surface area contributed by atoms with Gasteiger partial charge < -0.3 is 14.9 Å². The highest BCUT2D eigenvalue weighted by molar-refractivity contribution is 6.08. The third-order valence-electron chi connectivity index (χ3n) is 9.02. The zero-order chi connectivity index (χ0) is 34.4. The second-order valence-electron chi connectivity index (χ2n) is 11.9. The van der Waals surface area contributed by atoms with Crippen LogP contribution in [0, 0.1) is 23.0 Å². The summed E-state index contributed by atoms with van der Waals surface area (Å²) in [5, 5.41) is 19.9. The van der Waals surface area contributed by atoms with Gasteiger partial charge in [-0.3, -0.25) is 24.6 Å². The number of fused-ring (bicyclic) bond motifs is 1. The van der Waals surface area contributed by atoms with Gasteiger partial charge in [-0.1, -0.05) is 36.4 Å². The van der Waals surface area contributed by atoms with Crippen molar-refractivity contribution in [1.82, 2.24) is 10.2 Å². The van der Waals surface area contributed by atoms with Crippen molar-refractivity contribution in [1.29, 1.82) is 5.26 Å². The van der Waals surface area contributed by atoms with Crippen LogP contribution in [0.15, 0.2) is 66.7 Å². The highest BCUT2D eigenvalue weighted by Gasteiger charge is 2.31. The number of carbonyl (C=O) groups is 3. The number of aldehydes is 1. The molecule has 248 valence electrons. The van der Waals surface area contributed by atoms with Crippen molar-refractivity contribution in [3.05, 3.63) is 106 Å². The quantitative estimate of drug-likeness (QED) is 0.210. The van der Waals surface area contributed by atoms with Crippen LogP contribution in [0.5, 0.6) is 0 Å². The summed E-state index contributed by atoms with van der Waals surface area (Å²) in [5.74, 6) is -1.39. The lowest BCUT2D eigenvalue weighted by molar-refractivity contribution is -0.134. The smallest absolute Gasteiger partial charge is 0.249 e. The molecule has 0 saturated carbocycles. The van der Waals surface area contributed by atoms with Crippen LogP contribution in [0.3, 0.4) is 0 Å². The molecule has 0 aromatic heterocycles.